The lowest BCUT2D eigenvalue weighted by atomic mass is 10.1. The number of hydrogen-bond donors (Lipinski definition) is 0. The van der Waals surface area contributed by atoms with Crippen LogP contribution in [-0.2, 0) is 11.2 Å². The van der Waals surface area contributed by atoms with Crippen LogP contribution < -0.4 is 4.90 Å². The number of nitrogens with zero attached hydrogens (tertiary/aromatic N) is 1. The van der Waals surface area contributed by atoms with E-state index in [0.717, 1.165) is 21.2 Å². The highest BCUT2D eigenvalue weighted by Gasteiger charge is 2.27. The lowest BCUT2D eigenvalue weighted by Crippen LogP contribution is -2.29. The number of rotatable bonds is 2. The van der Waals surface area contributed by atoms with E-state index < -0.39 is 0 Å². The molecule has 0 aliphatic carbocycles. The number of halogens is 2. The molecule has 2 aromatic carbocycles. The first-order valence-corrected chi connectivity index (χ1v) is 8.45. The van der Waals surface area contributed by atoms with Gasteiger partial charge in [0.05, 0.1) is 18.2 Å². The van der Waals surface area contributed by atoms with Gasteiger partial charge >= 0.3 is 5.97 Å². The summed E-state index contributed by atoms with van der Waals surface area (Å²) in [7, 11) is 1.36. The van der Waals surface area contributed by atoms with E-state index in [9.17, 15) is 9.59 Å². The molecule has 0 N–H and O–H groups in total. The zero-order valence-corrected chi connectivity index (χ0v) is 15.2. The maximum Gasteiger partial charge on any atom is 0.337 e. The molecule has 1 aliphatic heterocycles. The Morgan fingerprint density at radius 2 is 2.00 bits per heavy atom. The van der Waals surface area contributed by atoms with Gasteiger partial charge in [0, 0.05) is 20.8 Å². The second kappa shape index (κ2) is 6.49. The highest BCUT2D eigenvalue weighted by atomic mass is 127. The van der Waals surface area contributed by atoms with Crippen LogP contribution in [0.25, 0.3) is 0 Å². The van der Waals surface area contributed by atoms with Gasteiger partial charge < -0.3 is 9.64 Å². The van der Waals surface area contributed by atoms with Crippen molar-refractivity contribution < 1.29 is 14.3 Å². The number of ether oxygens (including phenoxy) is 1. The third-order valence-electron chi connectivity index (χ3n) is 3.80. The lowest BCUT2D eigenvalue weighted by Gasteiger charge is -2.18. The van der Waals surface area contributed by atoms with E-state index in [1.54, 1.807) is 41.3 Å². The van der Waals surface area contributed by atoms with Crippen LogP contribution in [-0.4, -0.2) is 25.5 Å². The molecule has 0 radical (unpaired) electrons. The number of esters is 1. The number of benzene rings is 2. The molecule has 2 aromatic rings. The standard InChI is InChI=1S/C17H13ClINO3/c1-23-17(22)11-2-5-15-10(8-11)6-7-20(15)16(21)13-4-3-12(18)9-14(13)19/h2-5,8-9H,6-7H2,1H3. The molecular formula is C17H13ClINO3. The van der Waals surface area contributed by atoms with Crippen LogP contribution in [0.15, 0.2) is 36.4 Å². The molecule has 118 valence electrons. The molecule has 0 spiro atoms. The maximum absolute atomic E-state index is 12.8. The van der Waals surface area contributed by atoms with Gasteiger partial charge in [-0.2, -0.15) is 0 Å². The highest BCUT2D eigenvalue weighted by molar-refractivity contribution is 14.1. The van der Waals surface area contributed by atoms with Crippen molar-refractivity contribution in [1.29, 1.82) is 0 Å². The molecule has 0 aromatic heterocycles. The average Bonchev–Trinajstić information content (AvgIpc) is 2.96. The normalized spacial score (nSPS) is 12.9. The van der Waals surface area contributed by atoms with E-state index in [1.807, 2.05) is 0 Å². The van der Waals surface area contributed by atoms with E-state index in [0.29, 0.717) is 22.7 Å². The van der Waals surface area contributed by atoms with Crippen molar-refractivity contribution in [3.05, 3.63) is 61.7 Å². The summed E-state index contributed by atoms with van der Waals surface area (Å²) in [6, 6.07) is 10.5. The van der Waals surface area contributed by atoms with Crippen molar-refractivity contribution in [1.82, 2.24) is 0 Å². The van der Waals surface area contributed by atoms with Crippen molar-refractivity contribution in [2.45, 2.75) is 6.42 Å². The predicted octanol–water partition coefficient (Wildman–Crippen LogP) is 3.93. The summed E-state index contributed by atoms with van der Waals surface area (Å²) in [5, 5.41) is 0.607. The van der Waals surface area contributed by atoms with E-state index in [1.165, 1.54) is 7.11 Å². The molecule has 0 fully saturated rings. The van der Waals surface area contributed by atoms with Crippen LogP contribution in [0.3, 0.4) is 0 Å². The average molecular weight is 442 g/mol. The summed E-state index contributed by atoms with van der Waals surface area (Å²) in [6.07, 6.45) is 0.718. The summed E-state index contributed by atoms with van der Waals surface area (Å²) >= 11 is 8.06. The number of hydrogen-bond acceptors (Lipinski definition) is 3. The summed E-state index contributed by atoms with van der Waals surface area (Å²) in [5.74, 6) is -0.430. The van der Waals surface area contributed by atoms with Crippen molar-refractivity contribution in [2.75, 3.05) is 18.6 Å². The molecule has 0 atom stereocenters. The van der Waals surface area contributed by atoms with Gasteiger partial charge in [-0.15, -0.1) is 0 Å². The van der Waals surface area contributed by atoms with Gasteiger partial charge in [-0.05, 0) is 71.0 Å². The summed E-state index contributed by atoms with van der Waals surface area (Å²) in [5.41, 5.74) is 2.94. The van der Waals surface area contributed by atoms with Crippen molar-refractivity contribution in [2.24, 2.45) is 0 Å². The van der Waals surface area contributed by atoms with Crippen molar-refractivity contribution >= 4 is 51.8 Å². The Balaban J connectivity index is 1.93. The Morgan fingerprint density at radius 1 is 1.22 bits per heavy atom. The van der Waals surface area contributed by atoms with Gasteiger partial charge in [0.15, 0.2) is 0 Å². The van der Waals surface area contributed by atoms with E-state index in [-0.39, 0.29) is 11.9 Å². The monoisotopic (exact) mass is 441 g/mol. The van der Waals surface area contributed by atoms with Crippen LogP contribution >= 0.6 is 34.2 Å². The van der Waals surface area contributed by atoms with Gasteiger partial charge in [-0.3, -0.25) is 4.79 Å². The zero-order chi connectivity index (χ0) is 16.6. The topological polar surface area (TPSA) is 46.6 Å². The summed E-state index contributed by atoms with van der Waals surface area (Å²) in [6.45, 7) is 0.595. The first kappa shape index (κ1) is 16.3. The number of anilines is 1. The van der Waals surface area contributed by atoms with Gasteiger partial charge in [0.25, 0.3) is 5.91 Å². The molecule has 1 aliphatic rings. The molecule has 0 saturated heterocycles. The van der Waals surface area contributed by atoms with Gasteiger partial charge in [0.1, 0.15) is 0 Å². The quantitative estimate of drug-likeness (QED) is 0.524. The molecule has 0 saturated carbocycles. The number of carbonyl (C=O) groups is 2. The Hall–Kier alpha value is -1.60. The summed E-state index contributed by atoms with van der Waals surface area (Å²) < 4.78 is 5.55. The lowest BCUT2D eigenvalue weighted by molar-refractivity contribution is 0.0600. The zero-order valence-electron chi connectivity index (χ0n) is 12.3. The minimum atomic E-state index is -0.371. The fraction of sp³-hybridized carbons (Fsp3) is 0.176. The van der Waals surface area contributed by atoms with Crippen LogP contribution in [0.1, 0.15) is 26.3 Å². The molecule has 4 nitrogen and oxygen atoms in total. The predicted molar refractivity (Wildman–Crippen MR) is 97.3 cm³/mol. The Kier molecular flexibility index (Phi) is 4.59. The first-order valence-electron chi connectivity index (χ1n) is 6.99. The van der Waals surface area contributed by atoms with E-state index in [4.69, 9.17) is 16.3 Å². The van der Waals surface area contributed by atoms with Crippen molar-refractivity contribution in [3.63, 3.8) is 0 Å². The third kappa shape index (κ3) is 3.07. The molecule has 3 rings (SSSR count). The van der Waals surface area contributed by atoms with E-state index in [2.05, 4.69) is 22.6 Å². The Morgan fingerprint density at radius 3 is 2.70 bits per heavy atom. The fourth-order valence-corrected chi connectivity index (χ4v) is 3.77. The van der Waals surface area contributed by atoms with E-state index >= 15 is 0 Å². The molecule has 0 bridgehead atoms. The number of methoxy groups -OCH3 is 1. The smallest absolute Gasteiger partial charge is 0.337 e. The number of amides is 1. The largest absolute Gasteiger partial charge is 0.465 e. The highest BCUT2D eigenvalue weighted by Crippen LogP contribution is 2.31. The maximum atomic E-state index is 12.8. The minimum absolute atomic E-state index is 0.0596. The fourth-order valence-electron chi connectivity index (χ4n) is 2.67. The molecule has 23 heavy (non-hydrogen) atoms. The molecule has 1 amide bonds. The van der Waals surface area contributed by atoms with Gasteiger partial charge in [-0.25, -0.2) is 4.79 Å². The third-order valence-corrected chi connectivity index (χ3v) is 4.93. The van der Waals surface area contributed by atoms with Gasteiger partial charge in [-0.1, -0.05) is 11.6 Å². The molecule has 6 heteroatoms. The first-order chi connectivity index (χ1) is 11.0. The number of fused-ring (bicyclic) bond motifs is 1. The van der Waals surface area contributed by atoms with Crippen LogP contribution in [0.2, 0.25) is 5.02 Å². The molecular weight excluding hydrogens is 429 g/mol. The number of carbonyl (C=O) groups excluding carboxylic acids is 2. The van der Waals surface area contributed by atoms with Gasteiger partial charge in [0.2, 0.25) is 0 Å². The van der Waals surface area contributed by atoms with Crippen LogP contribution in [0, 0.1) is 3.57 Å². The Labute approximate surface area is 152 Å². The molecule has 0 unspecified atom stereocenters. The molecule has 1 heterocycles. The second-order valence-corrected chi connectivity index (χ2v) is 6.76. The summed E-state index contributed by atoms with van der Waals surface area (Å²) in [4.78, 5) is 26.2. The van der Waals surface area contributed by atoms with Crippen molar-refractivity contribution in [3.8, 4) is 0 Å². The second-order valence-electron chi connectivity index (χ2n) is 5.17. The SMILES string of the molecule is COC(=O)c1ccc2c(c1)CCN2C(=O)c1ccc(Cl)cc1I. The van der Waals surface area contributed by atoms with Crippen LogP contribution in [0.4, 0.5) is 5.69 Å². The Bertz CT molecular complexity index is 806. The van der Waals surface area contributed by atoms with Crippen LogP contribution in [0.5, 0.6) is 0 Å². The minimum Gasteiger partial charge on any atom is -0.465 e.